The van der Waals surface area contributed by atoms with Crippen LogP contribution in [0.3, 0.4) is 0 Å². The van der Waals surface area contributed by atoms with Crippen molar-refractivity contribution < 1.29 is 24.6 Å². The number of hydrogen-bond donors (Lipinski definition) is 4. The van der Waals surface area contributed by atoms with E-state index in [1.807, 2.05) is 19.1 Å². The molecule has 0 fully saturated rings. The third-order valence-electron chi connectivity index (χ3n) is 5.85. The highest BCUT2D eigenvalue weighted by molar-refractivity contribution is 5.75. The summed E-state index contributed by atoms with van der Waals surface area (Å²) in [7, 11) is 0. The second kappa shape index (κ2) is 17.6. The number of rotatable bonds is 13. The van der Waals surface area contributed by atoms with Crippen LogP contribution < -0.4 is 11.1 Å². The molecule has 7 nitrogen and oxygen atoms in total. The van der Waals surface area contributed by atoms with Crippen molar-refractivity contribution in [1.29, 1.82) is 0 Å². The summed E-state index contributed by atoms with van der Waals surface area (Å²) < 4.78 is 0. The van der Waals surface area contributed by atoms with Crippen LogP contribution in [0.25, 0.3) is 0 Å². The Morgan fingerprint density at radius 1 is 1.11 bits per heavy atom. The minimum absolute atomic E-state index is 0.290. The van der Waals surface area contributed by atoms with Crippen molar-refractivity contribution in [1.82, 2.24) is 5.32 Å². The number of carboxylic acids is 2. The molecule has 0 spiro atoms. The number of unbranched alkanes of at least 4 members (excludes halogenated alkanes) is 1. The average molecular weight is 489 g/mol. The van der Waals surface area contributed by atoms with Gasteiger partial charge in [-0.15, -0.1) is 0 Å². The van der Waals surface area contributed by atoms with Gasteiger partial charge in [-0.2, -0.15) is 0 Å². The van der Waals surface area contributed by atoms with Crippen LogP contribution in [0.15, 0.2) is 58.7 Å². The van der Waals surface area contributed by atoms with E-state index in [9.17, 15) is 14.4 Å². The second-order valence-electron chi connectivity index (χ2n) is 9.53. The molecule has 0 aromatic carbocycles. The Morgan fingerprint density at radius 2 is 1.77 bits per heavy atom. The Labute approximate surface area is 210 Å². The van der Waals surface area contributed by atoms with Gasteiger partial charge in [0, 0.05) is 0 Å². The van der Waals surface area contributed by atoms with Gasteiger partial charge in [-0.1, -0.05) is 61.8 Å². The number of carboxylic acid groups (broad SMARTS) is 2. The number of hydrogen-bond acceptors (Lipinski definition) is 5. The molecule has 0 bridgehead atoms. The lowest BCUT2D eigenvalue weighted by atomic mass is 9.72. The van der Waals surface area contributed by atoms with Crippen molar-refractivity contribution in [2.24, 2.45) is 11.1 Å². The Morgan fingerprint density at radius 3 is 2.31 bits per heavy atom. The first-order chi connectivity index (χ1) is 16.4. The molecule has 5 N–H and O–H groups in total. The fourth-order valence-corrected chi connectivity index (χ4v) is 3.81. The van der Waals surface area contributed by atoms with E-state index in [1.165, 1.54) is 36.0 Å². The predicted octanol–water partition coefficient (Wildman–Crippen LogP) is 4.96. The highest BCUT2D eigenvalue weighted by Gasteiger charge is 2.26. The summed E-state index contributed by atoms with van der Waals surface area (Å²) >= 11 is 0. The van der Waals surface area contributed by atoms with Crippen LogP contribution in [-0.2, 0) is 14.4 Å². The number of aliphatic carboxylic acids is 2. The summed E-state index contributed by atoms with van der Waals surface area (Å²) in [5.74, 6) is -2.08. The van der Waals surface area contributed by atoms with Crippen molar-refractivity contribution in [2.45, 2.75) is 79.2 Å². The summed E-state index contributed by atoms with van der Waals surface area (Å²) in [4.78, 5) is 31.1. The van der Waals surface area contributed by atoms with Crippen LogP contribution >= 0.6 is 0 Å². The van der Waals surface area contributed by atoms with E-state index in [4.69, 9.17) is 15.9 Å². The molecule has 0 radical (unpaired) electrons. The SMILES string of the molecule is CC(C=CC=C(C)C=CC1=C(C)CCCC1(C)C)=CC=O.NCCCC[C@H](NCC(=O)O)C(=O)O. The predicted molar refractivity (Wildman–Crippen MR) is 142 cm³/mol. The third-order valence-corrected chi connectivity index (χ3v) is 5.85. The maximum atomic E-state index is 10.6. The first-order valence-electron chi connectivity index (χ1n) is 12.2. The monoisotopic (exact) mass is 488 g/mol. The standard InChI is InChI=1S/C20H28O.C8H16N2O4/c1-16(8-6-9-17(2)13-15-21)11-12-19-18(3)10-7-14-20(19,4)5;9-4-2-1-3-6(8(13)14)10-5-7(11)12/h6,8-9,11-13,15H,7,10,14H2,1-5H3;6,10H,1-5,9H2,(H,11,12)(H,13,14)/t;6-/m.0/s1. The number of nitrogens with two attached hydrogens (primary N) is 1. The molecule has 0 aromatic heterocycles. The van der Waals surface area contributed by atoms with Crippen LogP contribution in [0.5, 0.6) is 0 Å². The van der Waals surface area contributed by atoms with Crippen LogP contribution in [0.1, 0.15) is 73.1 Å². The second-order valence-corrected chi connectivity index (χ2v) is 9.53. The van der Waals surface area contributed by atoms with E-state index in [2.05, 4.69) is 51.2 Å². The van der Waals surface area contributed by atoms with E-state index >= 15 is 0 Å². The molecule has 0 aromatic rings. The van der Waals surface area contributed by atoms with Crippen LogP contribution in [0.2, 0.25) is 0 Å². The largest absolute Gasteiger partial charge is 0.480 e. The van der Waals surface area contributed by atoms with Gasteiger partial charge in [0.05, 0.1) is 6.54 Å². The van der Waals surface area contributed by atoms with Crippen LogP contribution in [0, 0.1) is 5.41 Å². The minimum atomic E-state index is -1.06. The molecule has 0 saturated heterocycles. The zero-order chi connectivity index (χ0) is 26.9. The Hall–Kier alpha value is -2.77. The first-order valence-corrected chi connectivity index (χ1v) is 12.2. The lowest BCUT2D eigenvalue weighted by Gasteiger charge is -2.32. The molecule has 7 heteroatoms. The van der Waals surface area contributed by atoms with Gasteiger partial charge in [0.15, 0.2) is 0 Å². The number of allylic oxidation sites excluding steroid dienone is 10. The van der Waals surface area contributed by atoms with Gasteiger partial charge in [0.25, 0.3) is 0 Å². The third kappa shape index (κ3) is 15.0. The zero-order valence-corrected chi connectivity index (χ0v) is 22.0. The van der Waals surface area contributed by atoms with Crippen molar-refractivity contribution >= 4 is 18.2 Å². The Balaban J connectivity index is 0.000000720. The summed E-state index contributed by atoms with van der Waals surface area (Å²) in [6.07, 6.45) is 18.5. The first kappa shape index (κ1) is 32.2. The quantitative estimate of drug-likeness (QED) is 0.125. The molecule has 35 heavy (non-hydrogen) atoms. The molecule has 1 aliphatic carbocycles. The van der Waals surface area contributed by atoms with Crippen molar-refractivity contribution in [3.8, 4) is 0 Å². The lowest BCUT2D eigenvalue weighted by molar-refractivity contribution is -0.140. The average Bonchev–Trinajstić information content (AvgIpc) is 2.75. The normalized spacial score (nSPS) is 17.3. The van der Waals surface area contributed by atoms with E-state index in [1.54, 1.807) is 6.08 Å². The van der Waals surface area contributed by atoms with Gasteiger partial charge in [0.1, 0.15) is 12.3 Å². The summed E-state index contributed by atoms with van der Waals surface area (Å²) in [5.41, 5.74) is 10.7. The summed E-state index contributed by atoms with van der Waals surface area (Å²) in [5, 5.41) is 19.5. The van der Waals surface area contributed by atoms with E-state index in [0.717, 1.165) is 18.3 Å². The van der Waals surface area contributed by atoms with Gasteiger partial charge in [-0.3, -0.25) is 19.7 Å². The molecule has 0 unspecified atom stereocenters. The minimum Gasteiger partial charge on any atom is -0.480 e. The summed E-state index contributed by atoms with van der Waals surface area (Å²) in [6.45, 7) is 11.1. The van der Waals surface area contributed by atoms with Crippen LogP contribution in [-0.4, -0.2) is 47.6 Å². The van der Waals surface area contributed by atoms with Gasteiger partial charge in [-0.05, 0) is 82.1 Å². The van der Waals surface area contributed by atoms with Crippen molar-refractivity contribution in [3.05, 3.63) is 58.7 Å². The van der Waals surface area contributed by atoms with Gasteiger partial charge < -0.3 is 15.9 Å². The highest BCUT2D eigenvalue weighted by Crippen LogP contribution is 2.40. The van der Waals surface area contributed by atoms with Crippen LogP contribution in [0.4, 0.5) is 0 Å². The molecular weight excluding hydrogens is 444 g/mol. The fraction of sp³-hybridized carbons (Fsp3) is 0.536. The lowest BCUT2D eigenvalue weighted by Crippen LogP contribution is -2.39. The maximum Gasteiger partial charge on any atom is 0.320 e. The molecule has 196 valence electrons. The van der Waals surface area contributed by atoms with Crippen molar-refractivity contribution in [2.75, 3.05) is 13.1 Å². The van der Waals surface area contributed by atoms with Gasteiger partial charge in [0.2, 0.25) is 0 Å². The van der Waals surface area contributed by atoms with E-state index in [-0.39, 0.29) is 12.0 Å². The molecule has 0 amide bonds. The van der Waals surface area contributed by atoms with Gasteiger partial charge in [-0.25, -0.2) is 0 Å². The number of nitrogens with one attached hydrogen (secondary N) is 1. The molecule has 1 aliphatic rings. The topological polar surface area (TPSA) is 130 Å². The molecule has 0 aliphatic heterocycles. The Kier molecular flexibility index (Phi) is 16.2. The zero-order valence-electron chi connectivity index (χ0n) is 22.0. The fourth-order valence-electron chi connectivity index (χ4n) is 3.81. The van der Waals surface area contributed by atoms with Gasteiger partial charge >= 0.3 is 11.9 Å². The smallest absolute Gasteiger partial charge is 0.320 e. The van der Waals surface area contributed by atoms with E-state index < -0.39 is 18.0 Å². The molecule has 0 saturated carbocycles. The number of aldehydes is 1. The molecular formula is C28H44N2O5. The van der Waals surface area contributed by atoms with Crippen molar-refractivity contribution in [3.63, 3.8) is 0 Å². The number of carbonyl (C=O) groups excluding carboxylic acids is 1. The maximum absolute atomic E-state index is 10.6. The highest BCUT2D eigenvalue weighted by atomic mass is 16.4. The number of carbonyl (C=O) groups is 3. The molecule has 0 heterocycles. The van der Waals surface area contributed by atoms with E-state index in [0.29, 0.717) is 19.4 Å². The molecule has 1 atom stereocenters. The summed E-state index contributed by atoms with van der Waals surface area (Å²) in [6, 6.07) is -0.794. The molecule has 1 rings (SSSR count). The Bertz CT molecular complexity index is 847.